The van der Waals surface area contributed by atoms with E-state index in [0.29, 0.717) is 0 Å². The van der Waals surface area contributed by atoms with Gasteiger partial charge in [0.25, 0.3) is 0 Å². The van der Waals surface area contributed by atoms with Crippen LogP contribution in [0.4, 0.5) is 0 Å². The zero-order valence-electron chi connectivity index (χ0n) is 7.95. The molecule has 4 heteroatoms. The molecule has 1 heterocycles. The number of carbonyl (C=O) groups excluding carboxylic acids is 1. The Labute approximate surface area is 82.9 Å². The van der Waals surface area contributed by atoms with E-state index in [0.717, 1.165) is 13.0 Å². The van der Waals surface area contributed by atoms with Gasteiger partial charge in [0, 0.05) is 12.7 Å². The lowest BCUT2D eigenvalue weighted by Crippen LogP contribution is -2.38. The van der Waals surface area contributed by atoms with Gasteiger partial charge in [-0.2, -0.15) is 0 Å². The first-order valence-corrected chi connectivity index (χ1v) is 5.64. The largest absolute Gasteiger partial charge is 0.376 e. The van der Waals surface area contributed by atoms with Crippen LogP contribution in [0.25, 0.3) is 0 Å². The summed E-state index contributed by atoms with van der Waals surface area (Å²) < 4.78 is 5.33. The molecule has 0 aromatic heterocycles. The third kappa shape index (κ3) is 3.40. The number of amides is 1. The van der Waals surface area contributed by atoms with Gasteiger partial charge in [0.2, 0.25) is 5.91 Å². The fourth-order valence-corrected chi connectivity index (χ4v) is 1.54. The lowest BCUT2D eigenvalue weighted by atomic mass is 10.1. The molecule has 13 heavy (non-hydrogen) atoms. The first-order chi connectivity index (χ1) is 6.24. The molecule has 0 bridgehead atoms. The molecule has 0 radical (unpaired) electrons. The van der Waals surface area contributed by atoms with Crippen LogP contribution in [-0.4, -0.2) is 30.9 Å². The van der Waals surface area contributed by atoms with Crippen molar-refractivity contribution in [1.29, 1.82) is 0 Å². The van der Waals surface area contributed by atoms with Crippen molar-refractivity contribution >= 4 is 17.7 Å². The van der Waals surface area contributed by atoms with Crippen LogP contribution in [0.2, 0.25) is 0 Å². The van der Waals surface area contributed by atoms with Crippen molar-refractivity contribution in [3.05, 3.63) is 11.5 Å². The van der Waals surface area contributed by atoms with E-state index in [4.69, 9.17) is 4.74 Å². The molecule has 0 aromatic rings. The summed E-state index contributed by atoms with van der Waals surface area (Å²) in [6, 6.07) is 0.180. The Hall–Kier alpha value is -0.480. The predicted octanol–water partition coefficient (Wildman–Crippen LogP) is 1.16. The Balaban J connectivity index is 2.31. The van der Waals surface area contributed by atoms with Gasteiger partial charge in [0.15, 0.2) is 0 Å². The third-order valence-electron chi connectivity index (χ3n) is 2.06. The van der Waals surface area contributed by atoms with E-state index >= 15 is 0 Å². The molecular formula is C9H15NO2S. The highest BCUT2D eigenvalue weighted by molar-refractivity contribution is 8.01. The zero-order chi connectivity index (χ0) is 9.68. The van der Waals surface area contributed by atoms with Crippen molar-refractivity contribution < 1.29 is 9.53 Å². The molecule has 2 unspecified atom stereocenters. The number of thioether (sulfide) groups is 1. The second-order valence-corrected chi connectivity index (χ2v) is 3.76. The average molecular weight is 201 g/mol. The lowest BCUT2D eigenvalue weighted by molar-refractivity contribution is -0.117. The highest BCUT2D eigenvalue weighted by atomic mass is 32.2. The van der Waals surface area contributed by atoms with Crippen LogP contribution in [0.5, 0.6) is 0 Å². The molecule has 1 N–H and O–H groups in total. The summed E-state index contributed by atoms with van der Waals surface area (Å²) >= 11 is 1.52. The van der Waals surface area contributed by atoms with Crippen molar-refractivity contribution in [2.75, 3.05) is 12.9 Å². The molecule has 1 fully saturated rings. The smallest absolute Gasteiger partial charge is 0.244 e. The maximum Gasteiger partial charge on any atom is 0.244 e. The predicted molar refractivity (Wildman–Crippen MR) is 54.6 cm³/mol. The number of carbonyl (C=O) groups is 1. The molecule has 1 amide bonds. The minimum absolute atomic E-state index is 0.0308. The maximum absolute atomic E-state index is 11.2. The number of hydrogen-bond donors (Lipinski definition) is 1. The van der Waals surface area contributed by atoms with Crippen LogP contribution < -0.4 is 5.32 Å². The van der Waals surface area contributed by atoms with Gasteiger partial charge in [-0.1, -0.05) is 0 Å². The van der Waals surface area contributed by atoms with Crippen LogP contribution in [0.1, 0.15) is 13.3 Å². The first kappa shape index (κ1) is 10.6. The van der Waals surface area contributed by atoms with Gasteiger partial charge >= 0.3 is 0 Å². The molecule has 2 atom stereocenters. The molecule has 74 valence electrons. The molecule has 0 saturated carbocycles. The van der Waals surface area contributed by atoms with E-state index in [2.05, 4.69) is 5.32 Å². The van der Waals surface area contributed by atoms with Gasteiger partial charge in [-0.05, 0) is 25.0 Å². The molecule has 0 spiro atoms. The highest BCUT2D eigenvalue weighted by Crippen LogP contribution is 2.12. The van der Waals surface area contributed by atoms with Crippen LogP contribution in [0.3, 0.4) is 0 Å². The van der Waals surface area contributed by atoms with Crippen molar-refractivity contribution in [2.45, 2.75) is 25.5 Å². The monoisotopic (exact) mass is 201 g/mol. The highest BCUT2D eigenvalue weighted by Gasteiger charge is 2.24. The van der Waals surface area contributed by atoms with E-state index in [-0.39, 0.29) is 18.1 Å². The Morgan fingerprint density at radius 2 is 2.46 bits per heavy atom. The van der Waals surface area contributed by atoms with Gasteiger partial charge in [-0.3, -0.25) is 4.79 Å². The SMILES string of the molecule is CS/C=C/C(=O)NC1CCOC1C. The second kappa shape index (κ2) is 5.29. The topological polar surface area (TPSA) is 38.3 Å². The Bertz CT molecular complexity index is 206. The van der Waals surface area contributed by atoms with Crippen molar-refractivity contribution in [2.24, 2.45) is 0 Å². The van der Waals surface area contributed by atoms with E-state index in [1.165, 1.54) is 11.8 Å². The summed E-state index contributed by atoms with van der Waals surface area (Å²) in [5.41, 5.74) is 0. The Morgan fingerprint density at radius 1 is 1.69 bits per heavy atom. The van der Waals surface area contributed by atoms with Crippen LogP contribution >= 0.6 is 11.8 Å². The number of ether oxygens (including phenoxy) is 1. The molecule has 1 aliphatic rings. The Kier molecular flexibility index (Phi) is 4.32. The van der Waals surface area contributed by atoms with Gasteiger partial charge in [-0.25, -0.2) is 0 Å². The van der Waals surface area contributed by atoms with Crippen LogP contribution in [-0.2, 0) is 9.53 Å². The number of hydrogen-bond acceptors (Lipinski definition) is 3. The van der Waals surface area contributed by atoms with Crippen LogP contribution in [0.15, 0.2) is 11.5 Å². The quantitative estimate of drug-likeness (QED) is 0.696. The first-order valence-electron chi connectivity index (χ1n) is 4.35. The molecular weight excluding hydrogens is 186 g/mol. The summed E-state index contributed by atoms with van der Waals surface area (Å²) in [4.78, 5) is 11.2. The normalized spacial score (nSPS) is 28.2. The van der Waals surface area contributed by atoms with Gasteiger partial charge in [0.1, 0.15) is 0 Å². The van der Waals surface area contributed by atoms with Crippen molar-refractivity contribution in [3.8, 4) is 0 Å². The van der Waals surface area contributed by atoms with Gasteiger partial charge in [0.05, 0.1) is 12.1 Å². The average Bonchev–Trinajstić information content (AvgIpc) is 2.48. The van der Waals surface area contributed by atoms with E-state index < -0.39 is 0 Å². The maximum atomic E-state index is 11.2. The summed E-state index contributed by atoms with van der Waals surface area (Å²) in [6.07, 6.45) is 4.53. The van der Waals surface area contributed by atoms with E-state index in [9.17, 15) is 4.79 Å². The molecule has 1 saturated heterocycles. The third-order valence-corrected chi connectivity index (χ3v) is 2.47. The van der Waals surface area contributed by atoms with Crippen molar-refractivity contribution in [3.63, 3.8) is 0 Å². The summed E-state index contributed by atoms with van der Waals surface area (Å²) in [5, 5.41) is 4.67. The Morgan fingerprint density at radius 3 is 3.00 bits per heavy atom. The molecule has 0 aliphatic carbocycles. The summed E-state index contributed by atoms with van der Waals surface area (Å²) in [7, 11) is 0. The van der Waals surface area contributed by atoms with Gasteiger partial charge in [-0.15, -0.1) is 11.8 Å². The molecule has 3 nitrogen and oxygen atoms in total. The molecule has 0 aromatic carbocycles. The number of nitrogens with one attached hydrogen (secondary N) is 1. The summed E-state index contributed by atoms with van der Waals surface area (Å²) in [5.74, 6) is -0.0308. The van der Waals surface area contributed by atoms with Gasteiger partial charge < -0.3 is 10.1 Å². The fraction of sp³-hybridized carbons (Fsp3) is 0.667. The standard InChI is InChI=1S/C9H15NO2S/c1-7-8(3-5-12-7)10-9(11)4-6-13-2/h4,6-8H,3,5H2,1-2H3,(H,10,11)/b6-4+. The van der Waals surface area contributed by atoms with Crippen LogP contribution in [0, 0.1) is 0 Å². The summed E-state index contributed by atoms with van der Waals surface area (Å²) in [6.45, 7) is 2.73. The van der Waals surface area contributed by atoms with E-state index in [1.807, 2.05) is 13.2 Å². The van der Waals surface area contributed by atoms with E-state index in [1.54, 1.807) is 11.5 Å². The second-order valence-electron chi connectivity index (χ2n) is 3.02. The fourth-order valence-electron chi connectivity index (χ4n) is 1.28. The minimum Gasteiger partial charge on any atom is -0.376 e. The lowest BCUT2D eigenvalue weighted by Gasteiger charge is -2.14. The zero-order valence-corrected chi connectivity index (χ0v) is 8.76. The molecule has 1 aliphatic heterocycles. The molecule has 1 rings (SSSR count). The minimum atomic E-state index is -0.0308. The van der Waals surface area contributed by atoms with Crippen molar-refractivity contribution in [1.82, 2.24) is 5.32 Å². The number of rotatable bonds is 3.